The van der Waals surface area contributed by atoms with Gasteiger partial charge in [0.05, 0.1) is 11.2 Å². The molecule has 0 spiro atoms. The number of ketones is 1. The third kappa shape index (κ3) is 10.4. The number of carbonyl (C=O) groups is 5. The second-order valence-corrected chi connectivity index (χ2v) is 11.8. The van der Waals surface area contributed by atoms with Gasteiger partial charge in [-0.15, -0.1) is 0 Å². The van der Waals surface area contributed by atoms with Gasteiger partial charge in [0, 0.05) is 35.9 Å². The van der Waals surface area contributed by atoms with Crippen molar-refractivity contribution >= 4 is 45.5 Å². The van der Waals surface area contributed by atoms with Crippen LogP contribution in [0, 0.1) is 5.92 Å². The molecule has 0 saturated carbocycles. The highest BCUT2D eigenvalue weighted by molar-refractivity contribution is 6.39. The number of carbonyl (C=O) groups excluding carboxylic acids is 5. The highest BCUT2D eigenvalue weighted by Gasteiger charge is 2.38. The maximum Gasteiger partial charge on any atom is 0.315 e. The standard InChI is InChI=1S/C28H39N5O5Si/c1-5-23(24(35)25(36)29-17-21-12-9-13-22(14-21)31-19(4)34)32-26(37)28(39,15-18(2)3)33-27(38)30-16-20-10-7-6-8-11-20/h6-14,18,23H,5,15-17H2,1-4,39H3,(H,29,36)(H,31,34)(H,32,37)(H2,30,33,38)/t23?,28-/m0/s1. The molecule has 2 rings (SSSR count). The fourth-order valence-electron chi connectivity index (χ4n) is 4.15. The van der Waals surface area contributed by atoms with E-state index in [1.807, 2.05) is 44.2 Å². The molecule has 0 aliphatic heterocycles. The van der Waals surface area contributed by atoms with Gasteiger partial charge in [0.15, 0.2) is 0 Å². The Hall–Kier alpha value is -3.99. The molecule has 1 unspecified atom stereocenters. The first-order valence-corrected chi connectivity index (χ1v) is 14.0. The Kier molecular flexibility index (Phi) is 11.9. The van der Waals surface area contributed by atoms with Gasteiger partial charge in [0.1, 0.15) is 0 Å². The lowest BCUT2D eigenvalue weighted by molar-refractivity contribution is -0.140. The summed E-state index contributed by atoms with van der Waals surface area (Å²) >= 11 is 0. The summed E-state index contributed by atoms with van der Waals surface area (Å²) in [4.78, 5) is 62.9. The minimum atomic E-state index is -1.18. The molecule has 2 aromatic carbocycles. The molecule has 210 valence electrons. The van der Waals surface area contributed by atoms with Crippen LogP contribution >= 0.6 is 0 Å². The van der Waals surface area contributed by atoms with E-state index in [1.165, 1.54) is 6.92 Å². The monoisotopic (exact) mass is 553 g/mol. The second kappa shape index (κ2) is 14.8. The van der Waals surface area contributed by atoms with Gasteiger partial charge in [0.2, 0.25) is 17.6 Å². The van der Waals surface area contributed by atoms with Crippen LogP contribution in [0.4, 0.5) is 10.5 Å². The van der Waals surface area contributed by atoms with Gasteiger partial charge in [-0.25, -0.2) is 4.79 Å². The van der Waals surface area contributed by atoms with Crippen molar-refractivity contribution in [2.45, 2.75) is 64.8 Å². The summed E-state index contributed by atoms with van der Waals surface area (Å²) in [5.41, 5.74) is 2.19. The first-order chi connectivity index (χ1) is 18.4. The van der Waals surface area contributed by atoms with E-state index in [0.717, 1.165) is 5.56 Å². The molecule has 0 saturated heterocycles. The van der Waals surface area contributed by atoms with Crippen molar-refractivity contribution in [1.29, 1.82) is 0 Å². The SMILES string of the molecule is CCC(NC(=O)[C@@]([SiH3])(CC(C)C)NC(=O)NCc1ccccc1)C(=O)C(=O)NCc1cccc(NC(C)=O)c1. The van der Waals surface area contributed by atoms with Crippen molar-refractivity contribution in [2.75, 3.05) is 5.32 Å². The zero-order valence-corrected chi connectivity index (χ0v) is 25.2. The summed E-state index contributed by atoms with van der Waals surface area (Å²) in [5.74, 6) is -2.22. The summed E-state index contributed by atoms with van der Waals surface area (Å²) in [7, 11) is 0.282. The van der Waals surface area contributed by atoms with Gasteiger partial charge < -0.3 is 26.6 Å². The quantitative estimate of drug-likeness (QED) is 0.188. The predicted octanol–water partition coefficient (Wildman–Crippen LogP) is 1.33. The number of amides is 5. The number of hydrogen-bond donors (Lipinski definition) is 5. The van der Waals surface area contributed by atoms with Crippen LogP contribution in [0.1, 0.15) is 51.7 Å². The van der Waals surface area contributed by atoms with Gasteiger partial charge in [-0.2, -0.15) is 0 Å². The molecule has 0 heterocycles. The van der Waals surface area contributed by atoms with Gasteiger partial charge in [-0.05, 0) is 42.0 Å². The summed E-state index contributed by atoms with van der Waals surface area (Å²) in [6, 6.07) is 14.8. The van der Waals surface area contributed by atoms with E-state index >= 15 is 0 Å². The van der Waals surface area contributed by atoms with E-state index in [2.05, 4.69) is 26.6 Å². The summed E-state index contributed by atoms with van der Waals surface area (Å²) in [6.45, 7) is 7.36. The van der Waals surface area contributed by atoms with E-state index < -0.39 is 34.8 Å². The summed E-state index contributed by atoms with van der Waals surface area (Å²) < 4.78 is 0. The Labute approximate surface area is 232 Å². The molecule has 11 heteroatoms. The number of Topliss-reactive ketones (excluding diaryl/α,β-unsaturated/α-hetero) is 1. The van der Waals surface area contributed by atoms with E-state index in [1.54, 1.807) is 31.2 Å². The lowest BCUT2D eigenvalue weighted by Gasteiger charge is -2.33. The number of rotatable bonds is 13. The van der Waals surface area contributed by atoms with Crippen LogP contribution in [0.25, 0.3) is 0 Å². The third-order valence-electron chi connectivity index (χ3n) is 5.96. The second-order valence-electron chi connectivity index (χ2n) is 10.1. The van der Waals surface area contributed by atoms with Crippen molar-refractivity contribution in [3.63, 3.8) is 0 Å². The Morgan fingerprint density at radius 1 is 0.897 bits per heavy atom. The Morgan fingerprint density at radius 3 is 2.15 bits per heavy atom. The molecule has 2 atom stereocenters. The van der Waals surface area contributed by atoms with Crippen LogP contribution in [0.15, 0.2) is 54.6 Å². The molecule has 39 heavy (non-hydrogen) atoms. The molecule has 0 bridgehead atoms. The maximum absolute atomic E-state index is 13.4. The molecule has 0 aliphatic carbocycles. The van der Waals surface area contributed by atoms with E-state index in [-0.39, 0.29) is 35.0 Å². The smallest absolute Gasteiger partial charge is 0.315 e. The molecule has 10 nitrogen and oxygen atoms in total. The van der Waals surface area contributed by atoms with Crippen LogP contribution in [-0.2, 0) is 32.3 Å². The maximum atomic E-state index is 13.4. The Balaban J connectivity index is 2.01. The van der Waals surface area contributed by atoms with E-state index in [0.29, 0.717) is 24.2 Å². The third-order valence-corrected chi connectivity index (χ3v) is 7.07. The number of urea groups is 1. The van der Waals surface area contributed by atoms with Crippen LogP contribution in [-0.4, -0.2) is 51.0 Å². The zero-order chi connectivity index (χ0) is 29.0. The van der Waals surface area contributed by atoms with Crippen LogP contribution in [0.3, 0.4) is 0 Å². The molecule has 5 amide bonds. The first-order valence-electron chi connectivity index (χ1n) is 13.0. The largest absolute Gasteiger partial charge is 0.345 e. The topological polar surface area (TPSA) is 146 Å². The van der Waals surface area contributed by atoms with Crippen LogP contribution < -0.4 is 26.6 Å². The molecular weight excluding hydrogens is 514 g/mol. The zero-order valence-electron chi connectivity index (χ0n) is 23.2. The van der Waals surface area contributed by atoms with Crippen LogP contribution in [0.2, 0.25) is 0 Å². The van der Waals surface area contributed by atoms with Gasteiger partial charge in [-0.3, -0.25) is 19.2 Å². The molecular formula is C28H39N5O5Si. The molecule has 0 aliphatic rings. The van der Waals surface area contributed by atoms with Gasteiger partial charge in [-0.1, -0.05) is 63.2 Å². The van der Waals surface area contributed by atoms with E-state index in [4.69, 9.17) is 0 Å². The lowest BCUT2D eigenvalue weighted by atomic mass is 10.0. The number of nitrogens with one attached hydrogen (secondary N) is 5. The van der Waals surface area contributed by atoms with Gasteiger partial charge in [0.25, 0.3) is 5.91 Å². The Morgan fingerprint density at radius 2 is 1.54 bits per heavy atom. The average molecular weight is 554 g/mol. The molecule has 2 aromatic rings. The number of hydrogen-bond acceptors (Lipinski definition) is 5. The number of anilines is 1. The van der Waals surface area contributed by atoms with Crippen LogP contribution in [0.5, 0.6) is 0 Å². The average Bonchev–Trinajstić information content (AvgIpc) is 2.88. The predicted molar refractivity (Wildman–Crippen MR) is 154 cm³/mol. The summed E-state index contributed by atoms with van der Waals surface area (Å²) in [6.07, 6.45) is 0.584. The fraction of sp³-hybridized carbons (Fsp3) is 0.393. The van der Waals surface area contributed by atoms with E-state index in [9.17, 15) is 24.0 Å². The molecule has 0 aromatic heterocycles. The normalized spacial score (nSPS) is 13.1. The first kappa shape index (κ1) is 31.2. The molecule has 5 N–H and O–H groups in total. The minimum absolute atomic E-state index is 0.0729. The van der Waals surface area contributed by atoms with Crippen molar-refractivity contribution in [3.05, 3.63) is 65.7 Å². The highest BCUT2D eigenvalue weighted by Crippen LogP contribution is 2.15. The fourth-order valence-corrected chi connectivity index (χ4v) is 5.34. The minimum Gasteiger partial charge on any atom is -0.345 e. The number of benzene rings is 2. The lowest BCUT2D eigenvalue weighted by Crippen LogP contribution is -2.64. The van der Waals surface area contributed by atoms with Crippen molar-refractivity contribution in [1.82, 2.24) is 21.3 Å². The van der Waals surface area contributed by atoms with Crippen molar-refractivity contribution < 1.29 is 24.0 Å². The molecule has 0 radical (unpaired) electrons. The van der Waals surface area contributed by atoms with Crippen molar-refractivity contribution in [2.24, 2.45) is 5.92 Å². The molecule has 0 fully saturated rings. The van der Waals surface area contributed by atoms with Gasteiger partial charge >= 0.3 is 6.03 Å². The summed E-state index contributed by atoms with van der Waals surface area (Å²) in [5, 5.41) is 12.4. The van der Waals surface area contributed by atoms with Crippen molar-refractivity contribution in [3.8, 4) is 0 Å². The Bertz CT molecular complexity index is 1170. The highest BCUT2D eigenvalue weighted by atomic mass is 28.1.